The molecule has 1 amide bonds. The predicted molar refractivity (Wildman–Crippen MR) is 62.3 cm³/mol. The summed E-state index contributed by atoms with van der Waals surface area (Å²) in [5.41, 5.74) is 0.989. The average molecular weight is 238 g/mol. The van der Waals surface area contributed by atoms with Crippen LogP contribution in [-0.2, 0) is 0 Å². The number of carbonyl (C=O) groups excluding carboxylic acids is 1. The van der Waals surface area contributed by atoms with Gasteiger partial charge in [-0.25, -0.2) is 4.79 Å². The maximum atomic E-state index is 11.3. The lowest BCUT2D eigenvalue weighted by molar-refractivity contribution is -0.386. The summed E-state index contributed by atoms with van der Waals surface area (Å²) in [6.07, 6.45) is -0.516. The van der Waals surface area contributed by atoms with Gasteiger partial charge < -0.3 is 9.64 Å². The Morgan fingerprint density at radius 1 is 1.29 bits per heavy atom. The molecule has 0 unspecified atom stereocenters. The molecule has 0 N–H and O–H groups in total. The molecule has 0 heterocycles. The molecule has 0 bridgehead atoms. The molecule has 1 aromatic carbocycles. The molecule has 6 heteroatoms. The molecule has 17 heavy (non-hydrogen) atoms. The fourth-order valence-corrected chi connectivity index (χ4v) is 1.46. The lowest BCUT2D eigenvalue weighted by Crippen LogP contribution is -2.25. The van der Waals surface area contributed by atoms with Crippen molar-refractivity contribution in [1.29, 1.82) is 0 Å². The van der Waals surface area contributed by atoms with Gasteiger partial charge in [0.25, 0.3) is 5.69 Å². The first-order valence-electron chi connectivity index (χ1n) is 4.97. The molecule has 1 rings (SSSR count). The van der Waals surface area contributed by atoms with Gasteiger partial charge in [0.1, 0.15) is 5.75 Å². The van der Waals surface area contributed by atoms with E-state index in [1.54, 1.807) is 27.9 Å². The summed E-state index contributed by atoms with van der Waals surface area (Å²) in [6.45, 7) is 3.22. The van der Waals surface area contributed by atoms with Crippen molar-refractivity contribution in [3.05, 3.63) is 33.4 Å². The maximum absolute atomic E-state index is 11.3. The molecule has 1 aromatic rings. The Morgan fingerprint density at radius 2 is 1.76 bits per heavy atom. The summed E-state index contributed by atoms with van der Waals surface area (Å²) in [6, 6.07) is 2.96. The quantitative estimate of drug-likeness (QED) is 0.585. The molecular weight excluding hydrogens is 224 g/mol. The smallest absolute Gasteiger partial charge is 0.410 e. The number of rotatable bonds is 2. The molecule has 0 saturated carbocycles. The Morgan fingerprint density at radius 3 is 2.12 bits per heavy atom. The summed E-state index contributed by atoms with van der Waals surface area (Å²) in [5, 5.41) is 10.8. The zero-order valence-corrected chi connectivity index (χ0v) is 10.2. The Bertz CT molecular complexity index is 446. The first-order chi connectivity index (χ1) is 7.82. The first-order valence-corrected chi connectivity index (χ1v) is 4.97. The maximum Gasteiger partial charge on any atom is 0.414 e. The number of ether oxygens (including phenoxy) is 1. The lowest BCUT2D eigenvalue weighted by atomic mass is 10.1. The highest BCUT2D eigenvalue weighted by atomic mass is 16.6. The molecule has 0 aliphatic rings. The average Bonchev–Trinajstić information content (AvgIpc) is 2.15. The fourth-order valence-electron chi connectivity index (χ4n) is 1.46. The third-order valence-corrected chi connectivity index (χ3v) is 2.22. The number of nitro benzene ring substituents is 1. The highest BCUT2D eigenvalue weighted by molar-refractivity contribution is 5.70. The minimum atomic E-state index is -0.516. The normalized spacial score (nSPS) is 9.88. The van der Waals surface area contributed by atoms with E-state index in [9.17, 15) is 14.9 Å². The molecule has 0 aliphatic carbocycles. The Labute approximate surface area is 98.9 Å². The second-order valence-corrected chi connectivity index (χ2v) is 3.93. The van der Waals surface area contributed by atoms with E-state index in [1.165, 1.54) is 17.0 Å². The van der Waals surface area contributed by atoms with Crippen molar-refractivity contribution in [2.75, 3.05) is 14.1 Å². The van der Waals surface area contributed by atoms with Gasteiger partial charge in [-0.1, -0.05) is 0 Å². The van der Waals surface area contributed by atoms with Gasteiger partial charge in [0.15, 0.2) is 0 Å². The van der Waals surface area contributed by atoms with Gasteiger partial charge >= 0.3 is 6.09 Å². The van der Waals surface area contributed by atoms with Gasteiger partial charge in [-0.15, -0.1) is 0 Å². The Hall–Kier alpha value is -2.11. The predicted octanol–water partition coefficient (Wildman–Crippen LogP) is 2.27. The monoisotopic (exact) mass is 238 g/mol. The van der Waals surface area contributed by atoms with Crippen molar-refractivity contribution >= 4 is 11.8 Å². The summed E-state index contributed by atoms with van der Waals surface area (Å²) < 4.78 is 5.04. The number of nitro groups is 1. The number of amides is 1. The second kappa shape index (κ2) is 4.82. The van der Waals surface area contributed by atoms with Crippen LogP contribution in [-0.4, -0.2) is 30.0 Å². The molecule has 0 radical (unpaired) electrons. The zero-order chi connectivity index (χ0) is 13.2. The number of hydrogen-bond donors (Lipinski definition) is 0. The Balaban J connectivity index is 3.07. The van der Waals surface area contributed by atoms with Crippen molar-refractivity contribution in [2.24, 2.45) is 0 Å². The van der Waals surface area contributed by atoms with Crippen LogP contribution in [0.2, 0.25) is 0 Å². The highest BCUT2D eigenvalue weighted by Crippen LogP contribution is 2.28. The number of benzene rings is 1. The minimum Gasteiger partial charge on any atom is -0.410 e. The number of hydrogen-bond acceptors (Lipinski definition) is 4. The van der Waals surface area contributed by atoms with Crippen LogP contribution >= 0.6 is 0 Å². The van der Waals surface area contributed by atoms with Gasteiger partial charge in [-0.2, -0.15) is 0 Å². The molecule has 0 atom stereocenters. The topological polar surface area (TPSA) is 72.7 Å². The first kappa shape index (κ1) is 13.0. The van der Waals surface area contributed by atoms with Crippen molar-refractivity contribution in [2.45, 2.75) is 13.8 Å². The zero-order valence-electron chi connectivity index (χ0n) is 10.2. The third-order valence-electron chi connectivity index (χ3n) is 2.22. The van der Waals surface area contributed by atoms with Gasteiger partial charge in [0.2, 0.25) is 0 Å². The molecular formula is C11H14N2O4. The summed E-state index contributed by atoms with van der Waals surface area (Å²) >= 11 is 0. The lowest BCUT2D eigenvalue weighted by Gasteiger charge is -2.11. The van der Waals surface area contributed by atoms with Gasteiger partial charge in [0.05, 0.1) is 4.92 Å². The third kappa shape index (κ3) is 2.93. The van der Waals surface area contributed by atoms with E-state index >= 15 is 0 Å². The Kier molecular flexibility index (Phi) is 3.67. The molecule has 0 aliphatic heterocycles. The second-order valence-electron chi connectivity index (χ2n) is 3.93. The van der Waals surface area contributed by atoms with E-state index in [-0.39, 0.29) is 5.69 Å². The van der Waals surface area contributed by atoms with E-state index in [1.807, 2.05) is 0 Å². The van der Waals surface area contributed by atoms with Crippen molar-refractivity contribution in [3.8, 4) is 5.75 Å². The van der Waals surface area contributed by atoms with E-state index < -0.39 is 11.0 Å². The van der Waals surface area contributed by atoms with Crippen LogP contribution in [0.25, 0.3) is 0 Å². The molecule has 0 saturated heterocycles. The summed E-state index contributed by atoms with van der Waals surface area (Å²) in [4.78, 5) is 22.9. The van der Waals surface area contributed by atoms with Crippen LogP contribution in [0, 0.1) is 24.0 Å². The van der Waals surface area contributed by atoms with E-state index in [0.717, 1.165) is 0 Å². The molecule has 6 nitrogen and oxygen atoms in total. The number of aryl methyl sites for hydroxylation is 2. The number of carbonyl (C=O) groups is 1. The molecule has 0 fully saturated rings. The van der Waals surface area contributed by atoms with Crippen LogP contribution < -0.4 is 4.74 Å². The van der Waals surface area contributed by atoms with Crippen molar-refractivity contribution in [1.82, 2.24) is 4.90 Å². The van der Waals surface area contributed by atoms with E-state index in [2.05, 4.69) is 0 Å². The van der Waals surface area contributed by atoms with E-state index in [4.69, 9.17) is 4.74 Å². The SMILES string of the molecule is Cc1cc(OC(=O)N(C)C)cc(C)c1[N+](=O)[O-]. The van der Waals surface area contributed by atoms with Crippen molar-refractivity contribution < 1.29 is 14.5 Å². The molecule has 0 aromatic heterocycles. The van der Waals surface area contributed by atoms with Crippen molar-refractivity contribution in [3.63, 3.8) is 0 Å². The fraction of sp³-hybridized carbons (Fsp3) is 0.364. The van der Waals surface area contributed by atoms with Gasteiger partial charge in [-0.3, -0.25) is 10.1 Å². The summed E-state index contributed by atoms with van der Waals surface area (Å²) in [5.74, 6) is 0.310. The van der Waals surface area contributed by atoms with Crippen LogP contribution in [0.1, 0.15) is 11.1 Å². The van der Waals surface area contributed by atoms with Crippen LogP contribution in [0.5, 0.6) is 5.75 Å². The molecule has 0 spiro atoms. The minimum absolute atomic E-state index is 0.0506. The standard InChI is InChI=1S/C11H14N2O4/c1-7-5-9(17-11(14)12(3)4)6-8(2)10(7)13(15)16/h5-6H,1-4H3. The highest BCUT2D eigenvalue weighted by Gasteiger charge is 2.17. The van der Waals surface area contributed by atoms with Crippen LogP contribution in [0.3, 0.4) is 0 Å². The number of nitrogens with zero attached hydrogens (tertiary/aromatic N) is 2. The molecule has 92 valence electrons. The van der Waals surface area contributed by atoms with Crippen LogP contribution in [0.4, 0.5) is 10.5 Å². The largest absolute Gasteiger partial charge is 0.414 e. The van der Waals surface area contributed by atoms with Gasteiger partial charge in [-0.05, 0) is 26.0 Å². The van der Waals surface area contributed by atoms with E-state index in [0.29, 0.717) is 16.9 Å². The van der Waals surface area contributed by atoms with Gasteiger partial charge in [0, 0.05) is 25.2 Å². The summed E-state index contributed by atoms with van der Waals surface area (Å²) in [7, 11) is 3.13. The van der Waals surface area contributed by atoms with Crippen LogP contribution in [0.15, 0.2) is 12.1 Å².